The smallest absolute Gasteiger partial charge is 0.253 e. The molecule has 7 heteroatoms. The van der Waals surface area contributed by atoms with E-state index in [-0.39, 0.29) is 17.8 Å². The van der Waals surface area contributed by atoms with Gasteiger partial charge in [0.2, 0.25) is 0 Å². The molecule has 1 saturated heterocycles. The maximum Gasteiger partial charge on any atom is 0.253 e. The van der Waals surface area contributed by atoms with Gasteiger partial charge in [0.25, 0.3) is 5.91 Å². The monoisotopic (exact) mass is 432 g/mol. The Labute approximate surface area is 186 Å². The summed E-state index contributed by atoms with van der Waals surface area (Å²) in [4.78, 5) is 23.5. The molecule has 1 fully saturated rings. The molecule has 5 rings (SSSR count). The molecule has 0 bridgehead atoms. The van der Waals surface area contributed by atoms with Crippen LogP contribution in [0.3, 0.4) is 0 Å². The number of piperidine rings is 1. The van der Waals surface area contributed by atoms with Crippen molar-refractivity contribution in [3.63, 3.8) is 0 Å². The zero-order chi connectivity index (χ0) is 22.1. The van der Waals surface area contributed by atoms with Crippen molar-refractivity contribution in [2.45, 2.75) is 38.2 Å². The number of likely N-dealkylation sites (tertiary alicyclic amines) is 1. The number of anilines is 2. The molecule has 0 aliphatic carbocycles. The second kappa shape index (κ2) is 8.57. The van der Waals surface area contributed by atoms with Gasteiger partial charge in [0.1, 0.15) is 23.5 Å². The highest BCUT2D eigenvalue weighted by molar-refractivity contribution is 5.94. The molecule has 0 radical (unpaired) electrons. The van der Waals surface area contributed by atoms with Crippen LogP contribution in [-0.4, -0.2) is 40.0 Å². The fraction of sp³-hybridized carbons (Fsp3) is 0.320. The molecule has 0 saturated carbocycles. The Morgan fingerprint density at radius 2 is 1.94 bits per heavy atom. The molecule has 2 aliphatic rings. The van der Waals surface area contributed by atoms with Gasteiger partial charge in [0.15, 0.2) is 0 Å². The number of hydrogen-bond acceptors (Lipinski definition) is 5. The second-order valence-corrected chi connectivity index (χ2v) is 8.48. The van der Waals surface area contributed by atoms with Crippen molar-refractivity contribution in [3.8, 4) is 5.75 Å². The quantitative estimate of drug-likeness (QED) is 0.647. The highest BCUT2D eigenvalue weighted by atomic mass is 19.1. The van der Waals surface area contributed by atoms with Gasteiger partial charge in [0, 0.05) is 36.7 Å². The predicted octanol–water partition coefficient (Wildman–Crippen LogP) is 4.70. The van der Waals surface area contributed by atoms with Gasteiger partial charge in [-0.25, -0.2) is 9.37 Å². The molecule has 6 nitrogen and oxygen atoms in total. The van der Waals surface area contributed by atoms with Crippen molar-refractivity contribution < 1.29 is 13.9 Å². The Balaban J connectivity index is 1.18. The van der Waals surface area contributed by atoms with E-state index in [2.05, 4.69) is 15.3 Å². The Morgan fingerprint density at radius 3 is 2.66 bits per heavy atom. The van der Waals surface area contributed by atoms with Crippen molar-refractivity contribution in [2.75, 3.05) is 18.4 Å². The van der Waals surface area contributed by atoms with Crippen LogP contribution in [-0.2, 0) is 6.42 Å². The number of hydrogen-bond donors (Lipinski definition) is 1. The molecule has 2 aromatic heterocycles. The van der Waals surface area contributed by atoms with Crippen LogP contribution in [0.15, 0.2) is 54.9 Å². The molecule has 2 aliphatic heterocycles. The number of aromatic nitrogens is 2. The molecule has 164 valence electrons. The number of benzene rings is 1. The van der Waals surface area contributed by atoms with Gasteiger partial charge in [-0.15, -0.1) is 0 Å². The van der Waals surface area contributed by atoms with Crippen molar-refractivity contribution in [1.29, 1.82) is 0 Å². The first-order chi connectivity index (χ1) is 15.5. The lowest BCUT2D eigenvalue weighted by Gasteiger charge is -2.32. The van der Waals surface area contributed by atoms with E-state index in [1.165, 1.54) is 12.3 Å². The van der Waals surface area contributed by atoms with Crippen LogP contribution in [0.2, 0.25) is 0 Å². The van der Waals surface area contributed by atoms with E-state index in [4.69, 9.17) is 4.74 Å². The highest BCUT2D eigenvalue weighted by Crippen LogP contribution is 2.31. The molecule has 1 amide bonds. The Hall–Kier alpha value is -3.48. The van der Waals surface area contributed by atoms with E-state index in [0.717, 1.165) is 47.5 Å². The number of amides is 1. The summed E-state index contributed by atoms with van der Waals surface area (Å²) in [5.41, 5.74) is 3.68. The molecule has 1 aromatic carbocycles. The average molecular weight is 432 g/mol. The van der Waals surface area contributed by atoms with Gasteiger partial charge in [-0.05, 0) is 67.8 Å². The molecule has 4 heterocycles. The summed E-state index contributed by atoms with van der Waals surface area (Å²) in [6.07, 6.45) is 5.74. The fourth-order valence-electron chi connectivity index (χ4n) is 4.43. The first-order valence-electron chi connectivity index (χ1n) is 11.0. The van der Waals surface area contributed by atoms with Crippen molar-refractivity contribution >= 4 is 17.4 Å². The van der Waals surface area contributed by atoms with Gasteiger partial charge in [-0.3, -0.25) is 9.78 Å². The van der Waals surface area contributed by atoms with Crippen LogP contribution in [0.5, 0.6) is 5.75 Å². The zero-order valence-corrected chi connectivity index (χ0v) is 17.9. The van der Waals surface area contributed by atoms with Gasteiger partial charge < -0.3 is 15.0 Å². The standard InChI is InChI=1S/C25H25FN4O2/c1-16-12-19-13-18(2-6-23(19)32-16)25(31)30-10-8-17(9-11-30)22-5-4-21(15-27-22)29-24-7-3-20(26)14-28-24/h2-7,13-17H,8-12H2,1H3,(H,28,29). The minimum atomic E-state index is -0.367. The van der Waals surface area contributed by atoms with Crippen LogP contribution in [0.1, 0.15) is 47.3 Å². The number of ether oxygens (including phenoxy) is 1. The number of nitrogens with zero attached hydrogens (tertiary/aromatic N) is 3. The van der Waals surface area contributed by atoms with E-state index < -0.39 is 0 Å². The SMILES string of the molecule is CC1Cc2cc(C(=O)N3CCC(c4ccc(Nc5ccc(F)cn5)cn4)CC3)ccc2O1. The third-order valence-corrected chi connectivity index (χ3v) is 6.13. The number of halogens is 1. The number of pyridine rings is 2. The number of carbonyl (C=O) groups is 1. The van der Waals surface area contributed by atoms with Crippen molar-refractivity contribution in [2.24, 2.45) is 0 Å². The van der Waals surface area contributed by atoms with Crippen molar-refractivity contribution in [3.05, 3.63) is 77.5 Å². The molecule has 1 N–H and O–H groups in total. The molecule has 1 unspecified atom stereocenters. The van der Waals surface area contributed by atoms with E-state index in [1.807, 2.05) is 42.2 Å². The molecule has 0 spiro atoms. The molecular formula is C25H25FN4O2. The maximum absolute atomic E-state index is 13.0. The lowest BCUT2D eigenvalue weighted by Crippen LogP contribution is -2.38. The van der Waals surface area contributed by atoms with Crippen molar-refractivity contribution in [1.82, 2.24) is 14.9 Å². The van der Waals surface area contributed by atoms with Gasteiger partial charge in [0.05, 0.1) is 18.1 Å². The van der Waals surface area contributed by atoms with E-state index >= 15 is 0 Å². The first-order valence-corrected chi connectivity index (χ1v) is 11.0. The summed E-state index contributed by atoms with van der Waals surface area (Å²) in [6.45, 7) is 3.48. The number of fused-ring (bicyclic) bond motifs is 1. The molecule has 3 aromatic rings. The lowest BCUT2D eigenvalue weighted by molar-refractivity contribution is 0.0712. The maximum atomic E-state index is 13.0. The zero-order valence-electron chi connectivity index (χ0n) is 17.9. The number of rotatable bonds is 4. The second-order valence-electron chi connectivity index (χ2n) is 8.48. The minimum absolute atomic E-state index is 0.0881. The highest BCUT2D eigenvalue weighted by Gasteiger charge is 2.27. The molecular weight excluding hydrogens is 407 g/mol. The van der Waals surface area contributed by atoms with E-state index in [1.54, 1.807) is 12.3 Å². The Kier molecular flexibility index (Phi) is 5.47. The lowest BCUT2D eigenvalue weighted by atomic mass is 9.92. The number of carbonyl (C=O) groups excluding carboxylic acids is 1. The predicted molar refractivity (Wildman–Crippen MR) is 120 cm³/mol. The first kappa shape index (κ1) is 20.4. The Morgan fingerprint density at radius 1 is 1.09 bits per heavy atom. The normalized spacial score (nSPS) is 18.2. The largest absolute Gasteiger partial charge is 0.490 e. The summed E-state index contributed by atoms with van der Waals surface area (Å²) >= 11 is 0. The minimum Gasteiger partial charge on any atom is -0.490 e. The summed E-state index contributed by atoms with van der Waals surface area (Å²) in [5.74, 6) is 1.51. The number of nitrogens with one attached hydrogen (secondary N) is 1. The van der Waals surface area contributed by atoms with Crippen LogP contribution in [0.4, 0.5) is 15.9 Å². The van der Waals surface area contributed by atoms with Gasteiger partial charge >= 0.3 is 0 Å². The molecule has 32 heavy (non-hydrogen) atoms. The van der Waals surface area contributed by atoms with Crippen LogP contribution in [0.25, 0.3) is 0 Å². The fourth-order valence-corrected chi connectivity index (χ4v) is 4.43. The van der Waals surface area contributed by atoms with E-state index in [0.29, 0.717) is 24.8 Å². The molecule has 1 atom stereocenters. The van der Waals surface area contributed by atoms with E-state index in [9.17, 15) is 9.18 Å². The third kappa shape index (κ3) is 4.28. The average Bonchev–Trinajstić information content (AvgIpc) is 3.20. The summed E-state index contributed by atoms with van der Waals surface area (Å²) in [7, 11) is 0. The summed E-state index contributed by atoms with van der Waals surface area (Å²) in [5, 5.41) is 3.12. The summed E-state index contributed by atoms with van der Waals surface area (Å²) < 4.78 is 18.7. The van der Waals surface area contributed by atoms with Gasteiger partial charge in [-0.2, -0.15) is 0 Å². The van der Waals surface area contributed by atoms with Crippen LogP contribution < -0.4 is 10.1 Å². The third-order valence-electron chi connectivity index (χ3n) is 6.13. The summed E-state index contributed by atoms with van der Waals surface area (Å²) in [6, 6.07) is 12.7. The topological polar surface area (TPSA) is 67.4 Å². The van der Waals surface area contributed by atoms with Crippen LogP contribution in [0, 0.1) is 5.82 Å². The Bertz CT molecular complexity index is 1110. The van der Waals surface area contributed by atoms with Gasteiger partial charge in [-0.1, -0.05) is 0 Å². The van der Waals surface area contributed by atoms with Crippen LogP contribution >= 0.6 is 0 Å².